The van der Waals surface area contributed by atoms with E-state index in [9.17, 15) is 13.2 Å². The van der Waals surface area contributed by atoms with Crippen LogP contribution >= 0.6 is 0 Å². The first kappa shape index (κ1) is 23.7. The Hall–Kier alpha value is -3.00. The number of rotatable bonds is 5. The molecule has 0 spiro atoms. The van der Waals surface area contributed by atoms with Crippen LogP contribution in [0.2, 0.25) is 0 Å². The molecule has 0 aromatic heterocycles. The molecule has 2 heterocycles. The molecule has 5 rings (SSSR count). The topological polar surface area (TPSA) is 60.9 Å². The summed E-state index contributed by atoms with van der Waals surface area (Å²) in [6, 6.07) is 26.1. The van der Waals surface area contributed by atoms with Gasteiger partial charge in [0.1, 0.15) is 0 Å². The number of sulfonamides is 1. The van der Waals surface area contributed by atoms with E-state index >= 15 is 0 Å². The lowest BCUT2D eigenvalue weighted by atomic mass is 9.96. The molecule has 6 nitrogen and oxygen atoms in total. The number of piperazine rings is 1. The standard InChI is InChI=1S/C28H31N3O3S/c1-21-19-25-20-26(13-14-27(25)31(21)22(2)32)35(33,34)30-17-15-29(16-18-30)28(23-9-5-3-6-10-23)24-11-7-4-8-12-24/h3-14,20-21,28H,15-19H2,1-2H3/t21-/m0/s1. The molecule has 3 aromatic rings. The number of benzene rings is 3. The van der Waals surface area contributed by atoms with Gasteiger partial charge in [0.15, 0.2) is 0 Å². The van der Waals surface area contributed by atoms with Crippen LogP contribution in [-0.2, 0) is 21.2 Å². The maximum absolute atomic E-state index is 13.5. The summed E-state index contributed by atoms with van der Waals surface area (Å²) < 4.78 is 28.7. The van der Waals surface area contributed by atoms with E-state index in [-0.39, 0.29) is 18.0 Å². The molecule has 0 N–H and O–H groups in total. The number of carbonyl (C=O) groups is 1. The van der Waals surface area contributed by atoms with Crippen molar-refractivity contribution in [2.45, 2.75) is 37.2 Å². The highest BCUT2D eigenvalue weighted by atomic mass is 32.2. The van der Waals surface area contributed by atoms with E-state index in [0.717, 1.165) is 11.3 Å². The predicted octanol–water partition coefficient (Wildman–Crippen LogP) is 4.08. The lowest BCUT2D eigenvalue weighted by Gasteiger charge is -2.39. The Morgan fingerprint density at radius 2 is 1.43 bits per heavy atom. The van der Waals surface area contributed by atoms with E-state index < -0.39 is 10.0 Å². The zero-order chi connectivity index (χ0) is 24.6. The maximum atomic E-state index is 13.5. The molecule has 1 saturated heterocycles. The Morgan fingerprint density at radius 1 is 0.857 bits per heavy atom. The largest absolute Gasteiger partial charge is 0.309 e. The second-order valence-electron chi connectivity index (χ2n) is 9.40. The summed E-state index contributed by atoms with van der Waals surface area (Å²) in [5.74, 6) is -0.0191. The number of fused-ring (bicyclic) bond motifs is 1. The number of hydrogen-bond donors (Lipinski definition) is 0. The van der Waals surface area contributed by atoms with Crippen molar-refractivity contribution in [3.05, 3.63) is 95.6 Å². The monoisotopic (exact) mass is 489 g/mol. The minimum absolute atomic E-state index is 0.0191. The SMILES string of the molecule is CC(=O)N1c2ccc(S(=O)(=O)N3CCN(C(c4ccccc4)c4ccccc4)CC3)cc2C[C@@H]1C. The molecule has 0 radical (unpaired) electrons. The Labute approximate surface area is 207 Å². The minimum atomic E-state index is -3.61. The van der Waals surface area contributed by atoms with Crippen LogP contribution < -0.4 is 4.90 Å². The quantitative estimate of drug-likeness (QED) is 0.542. The van der Waals surface area contributed by atoms with Crippen molar-refractivity contribution in [1.82, 2.24) is 9.21 Å². The third-order valence-electron chi connectivity index (χ3n) is 7.11. The van der Waals surface area contributed by atoms with Gasteiger partial charge in [-0.05, 0) is 48.2 Å². The summed E-state index contributed by atoms with van der Waals surface area (Å²) >= 11 is 0. The second kappa shape index (κ2) is 9.57. The highest BCUT2D eigenvalue weighted by molar-refractivity contribution is 7.89. The molecule has 2 aliphatic rings. The molecule has 3 aromatic carbocycles. The molecule has 35 heavy (non-hydrogen) atoms. The van der Waals surface area contributed by atoms with Gasteiger partial charge < -0.3 is 4.90 Å². The van der Waals surface area contributed by atoms with E-state index in [0.29, 0.717) is 37.5 Å². The minimum Gasteiger partial charge on any atom is -0.309 e. The van der Waals surface area contributed by atoms with Gasteiger partial charge >= 0.3 is 0 Å². The zero-order valence-electron chi connectivity index (χ0n) is 20.2. The Kier molecular flexibility index (Phi) is 6.49. The summed E-state index contributed by atoms with van der Waals surface area (Å²) in [4.78, 5) is 16.5. The van der Waals surface area contributed by atoms with E-state index in [1.54, 1.807) is 34.3 Å². The zero-order valence-corrected chi connectivity index (χ0v) is 21.0. The molecular weight excluding hydrogens is 458 g/mol. The molecule has 1 atom stereocenters. The average Bonchev–Trinajstić information content (AvgIpc) is 3.21. The first-order valence-electron chi connectivity index (χ1n) is 12.1. The van der Waals surface area contributed by atoms with Gasteiger partial charge in [-0.15, -0.1) is 0 Å². The number of amides is 1. The second-order valence-corrected chi connectivity index (χ2v) is 11.3. The van der Waals surface area contributed by atoms with Crippen LogP contribution in [0.3, 0.4) is 0 Å². The van der Waals surface area contributed by atoms with Gasteiger partial charge in [-0.3, -0.25) is 9.69 Å². The summed E-state index contributed by atoms with van der Waals surface area (Å²) in [7, 11) is -3.61. The van der Waals surface area contributed by atoms with Crippen LogP contribution in [0.4, 0.5) is 5.69 Å². The fourth-order valence-electron chi connectivity index (χ4n) is 5.48. The summed E-state index contributed by atoms with van der Waals surface area (Å²) in [6.45, 7) is 5.71. The molecule has 182 valence electrons. The van der Waals surface area contributed by atoms with Crippen molar-refractivity contribution in [3.63, 3.8) is 0 Å². The molecule has 1 amide bonds. The molecule has 0 bridgehead atoms. The molecule has 7 heteroatoms. The first-order valence-corrected chi connectivity index (χ1v) is 13.6. The molecule has 1 fully saturated rings. The van der Waals surface area contributed by atoms with Gasteiger partial charge in [-0.25, -0.2) is 8.42 Å². The lowest BCUT2D eigenvalue weighted by Crippen LogP contribution is -2.49. The van der Waals surface area contributed by atoms with Crippen molar-refractivity contribution in [2.24, 2.45) is 0 Å². The Morgan fingerprint density at radius 3 is 1.97 bits per heavy atom. The van der Waals surface area contributed by atoms with Gasteiger partial charge in [-0.2, -0.15) is 4.31 Å². The molecule has 2 aliphatic heterocycles. The van der Waals surface area contributed by atoms with E-state index in [1.807, 2.05) is 43.3 Å². The third-order valence-corrected chi connectivity index (χ3v) is 9.01. The van der Waals surface area contributed by atoms with Gasteiger partial charge in [-0.1, -0.05) is 60.7 Å². The Bertz CT molecular complexity index is 1260. The fraction of sp³-hybridized carbons (Fsp3) is 0.321. The highest BCUT2D eigenvalue weighted by Crippen LogP contribution is 2.35. The van der Waals surface area contributed by atoms with Gasteiger partial charge in [0.05, 0.1) is 10.9 Å². The van der Waals surface area contributed by atoms with Gasteiger partial charge in [0.2, 0.25) is 15.9 Å². The molecular formula is C28H31N3O3S. The maximum Gasteiger partial charge on any atom is 0.243 e. The number of nitrogens with zero attached hydrogens (tertiary/aromatic N) is 3. The van der Waals surface area contributed by atoms with E-state index in [4.69, 9.17) is 0 Å². The van der Waals surface area contributed by atoms with Crippen molar-refractivity contribution in [1.29, 1.82) is 0 Å². The lowest BCUT2D eigenvalue weighted by molar-refractivity contribution is -0.116. The summed E-state index contributed by atoms with van der Waals surface area (Å²) in [5.41, 5.74) is 4.15. The van der Waals surface area contributed by atoms with Crippen LogP contribution in [0.15, 0.2) is 83.8 Å². The number of carbonyl (C=O) groups excluding carboxylic acids is 1. The average molecular weight is 490 g/mol. The fourth-order valence-corrected chi connectivity index (χ4v) is 6.96. The van der Waals surface area contributed by atoms with E-state index in [1.165, 1.54) is 11.1 Å². The van der Waals surface area contributed by atoms with Crippen molar-refractivity contribution in [2.75, 3.05) is 31.1 Å². The van der Waals surface area contributed by atoms with Crippen molar-refractivity contribution < 1.29 is 13.2 Å². The summed E-state index contributed by atoms with van der Waals surface area (Å²) in [5, 5.41) is 0. The van der Waals surface area contributed by atoms with Crippen LogP contribution in [0.1, 0.15) is 36.6 Å². The number of hydrogen-bond acceptors (Lipinski definition) is 4. The molecule has 0 saturated carbocycles. The smallest absolute Gasteiger partial charge is 0.243 e. The van der Waals surface area contributed by atoms with Crippen molar-refractivity contribution in [3.8, 4) is 0 Å². The van der Waals surface area contributed by atoms with E-state index in [2.05, 4.69) is 29.2 Å². The molecule has 0 aliphatic carbocycles. The van der Waals surface area contributed by atoms with Crippen LogP contribution in [0, 0.1) is 0 Å². The first-order chi connectivity index (χ1) is 16.9. The highest BCUT2D eigenvalue weighted by Gasteiger charge is 2.34. The molecule has 0 unspecified atom stereocenters. The predicted molar refractivity (Wildman–Crippen MR) is 138 cm³/mol. The Balaban J connectivity index is 1.35. The van der Waals surface area contributed by atoms with Crippen LogP contribution in [-0.4, -0.2) is 55.8 Å². The summed E-state index contributed by atoms with van der Waals surface area (Å²) in [6.07, 6.45) is 0.669. The van der Waals surface area contributed by atoms with Crippen LogP contribution in [0.5, 0.6) is 0 Å². The van der Waals surface area contributed by atoms with Gasteiger partial charge in [0, 0.05) is 44.8 Å². The normalized spacial score (nSPS) is 19.2. The third kappa shape index (κ3) is 4.51. The van der Waals surface area contributed by atoms with Gasteiger partial charge in [0.25, 0.3) is 0 Å². The van der Waals surface area contributed by atoms with Crippen LogP contribution in [0.25, 0.3) is 0 Å². The number of anilines is 1. The van der Waals surface area contributed by atoms with Crippen molar-refractivity contribution >= 4 is 21.6 Å².